The lowest BCUT2D eigenvalue weighted by atomic mass is 9.99. The Bertz CT molecular complexity index is 1630. The molecule has 0 saturated carbocycles. The number of ether oxygens (including phenoxy) is 2. The first-order valence-corrected chi connectivity index (χ1v) is 14.1. The first-order valence-electron chi connectivity index (χ1n) is 14.1. The lowest BCUT2D eigenvalue weighted by Gasteiger charge is -2.23. The molecule has 4 aromatic rings. The van der Waals surface area contributed by atoms with Crippen molar-refractivity contribution in [1.82, 2.24) is 35.6 Å². The molecule has 3 aromatic heterocycles. The van der Waals surface area contributed by atoms with E-state index in [4.69, 9.17) is 4.74 Å². The number of hydrogen-bond donors (Lipinski definition) is 3. The highest BCUT2D eigenvalue weighted by atomic mass is 19.1. The molecule has 13 heteroatoms. The molecule has 0 bridgehead atoms. The molecule has 0 radical (unpaired) electrons. The van der Waals surface area contributed by atoms with E-state index in [-0.39, 0.29) is 25.9 Å². The van der Waals surface area contributed by atoms with Crippen LogP contribution in [-0.2, 0) is 25.6 Å². The normalized spacial score (nSPS) is 12.0. The maximum absolute atomic E-state index is 15.0. The minimum absolute atomic E-state index is 0.0254. The summed E-state index contributed by atoms with van der Waals surface area (Å²) in [6.45, 7) is 7.45. The van der Waals surface area contributed by atoms with Gasteiger partial charge in [0.2, 0.25) is 5.91 Å². The number of methoxy groups -OCH3 is 1. The highest BCUT2D eigenvalue weighted by molar-refractivity contribution is 5.86. The number of benzene rings is 1. The minimum Gasteiger partial charge on any atom is -0.469 e. The van der Waals surface area contributed by atoms with E-state index >= 15 is 0 Å². The van der Waals surface area contributed by atoms with Crippen LogP contribution in [0.3, 0.4) is 0 Å². The van der Waals surface area contributed by atoms with Crippen LogP contribution >= 0.6 is 0 Å². The third-order valence-electron chi connectivity index (χ3n) is 6.52. The Balaban J connectivity index is 1.42. The quantitative estimate of drug-likeness (QED) is 0.213. The number of aromatic amines is 1. The van der Waals surface area contributed by atoms with Gasteiger partial charge in [-0.15, -0.1) is 0 Å². The topological polar surface area (TPSA) is 153 Å². The molecule has 12 nitrogen and oxygen atoms in total. The van der Waals surface area contributed by atoms with Crippen LogP contribution in [0.5, 0.6) is 0 Å². The second-order valence-corrected chi connectivity index (χ2v) is 11.1. The standard InChI is InChI=1S/C31H36FN7O5/c1-19-7-6-8-25(36-19)28-23(17-34-38-28)20-9-10-24(32)22(15-20)21-16-35-39(18-21)14-13-33-29(41)26(11-12-27(40)43-5)37-30(42)44-31(2,3)4/h6-10,15-18,26H,11-14H2,1-5H3,(H,33,41)(H,34,38)(H,37,42)/t26-/m0/s1. The van der Waals surface area contributed by atoms with E-state index in [0.717, 1.165) is 28.2 Å². The van der Waals surface area contributed by atoms with E-state index in [1.54, 1.807) is 56.2 Å². The van der Waals surface area contributed by atoms with E-state index in [0.29, 0.717) is 11.1 Å². The Morgan fingerprint density at radius 2 is 1.89 bits per heavy atom. The number of halogens is 1. The first kappa shape index (κ1) is 31.9. The molecule has 4 rings (SSSR count). The van der Waals surface area contributed by atoms with Crippen LogP contribution in [0.25, 0.3) is 33.6 Å². The van der Waals surface area contributed by atoms with Crippen molar-refractivity contribution in [2.45, 2.75) is 58.7 Å². The molecule has 0 aliphatic heterocycles. The average Bonchev–Trinajstić information content (AvgIpc) is 3.65. The van der Waals surface area contributed by atoms with Gasteiger partial charge in [-0.25, -0.2) is 9.18 Å². The Hall–Kier alpha value is -5.07. The highest BCUT2D eigenvalue weighted by Crippen LogP contribution is 2.33. The third kappa shape index (κ3) is 8.49. The molecular formula is C31H36FN7O5. The maximum atomic E-state index is 15.0. The number of carbonyl (C=O) groups is 3. The van der Waals surface area contributed by atoms with E-state index < -0.39 is 35.4 Å². The number of hydrogen-bond acceptors (Lipinski definition) is 8. The van der Waals surface area contributed by atoms with Crippen LogP contribution in [0.2, 0.25) is 0 Å². The molecule has 0 spiro atoms. The first-order chi connectivity index (χ1) is 20.9. The predicted molar refractivity (Wildman–Crippen MR) is 161 cm³/mol. The van der Waals surface area contributed by atoms with Gasteiger partial charge in [-0.2, -0.15) is 10.2 Å². The number of pyridine rings is 1. The van der Waals surface area contributed by atoms with Gasteiger partial charge in [-0.3, -0.25) is 24.4 Å². The molecule has 3 N–H and O–H groups in total. The number of carbonyl (C=O) groups excluding carboxylic acids is 3. The Morgan fingerprint density at radius 1 is 1.09 bits per heavy atom. The van der Waals surface area contributed by atoms with Crippen molar-refractivity contribution in [2.24, 2.45) is 0 Å². The number of amides is 2. The molecule has 0 aliphatic carbocycles. The zero-order chi connectivity index (χ0) is 31.9. The summed E-state index contributed by atoms with van der Waals surface area (Å²) in [6.07, 6.45) is 4.09. The number of nitrogens with one attached hydrogen (secondary N) is 3. The smallest absolute Gasteiger partial charge is 0.408 e. The van der Waals surface area contributed by atoms with Crippen LogP contribution < -0.4 is 10.6 Å². The van der Waals surface area contributed by atoms with Gasteiger partial charge in [0.05, 0.1) is 37.4 Å². The average molecular weight is 606 g/mol. The highest BCUT2D eigenvalue weighted by Gasteiger charge is 2.25. The molecule has 1 aromatic carbocycles. The molecular weight excluding hydrogens is 569 g/mol. The van der Waals surface area contributed by atoms with E-state index in [1.807, 2.05) is 25.1 Å². The van der Waals surface area contributed by atoms with Crippen molar-refractivity contribution < 1.29 is 28.2 Å². The molecule has 44 heavy (non-hydrogen) atoms. The number of aryl methyl sites for hydroxylation is 1. The van der Waals surface area contributed by atoms with Crippen LogP contribution in [0, 0.1) is 12.7 Å². The van der Waals surface area contributed by atoms with Gasteiger partial charge in [0.15, 0.2) is 0 Å². The van der Waals surface area contributed by atoms with Crippen molar-refractivity contribution >= 4 is 18.0 Å². The summed E-state index contributed by atoms with van der Waals surface area (Å²) >= 11 is 0. The largest absolute Gasteiger partial charge is 0.469 e. The minimum atomic E-state index is -1.02. The predicted octanol–water partition coefficient (Wildman–Crippen LogP) is 4.41. The van der Waals surface area contributed by atoms with Crippen LogP contribution in [0.4, 0.5) is 9.18 Å². The molecule has 0 saturated heterocycles. The molecule has 0 aliphatic rings. The number of esters is 1. The second-order valence-electron chi connectivity index (χ2n) is 11.1. The summed E-state index contributed by atoms with van der Waals surface area (Å²) in [5.74, 6) is -1.42. The van der Waals surface area contributed by atoms with Crippen LogP contribution in [0.15, 0.2) is 55.0 Å². The number of nitrogens with zero attached hydrogens (tertiary/aromatic N) is 4. The molecule has 232 valence electrons. The molecule has 1 atom stereocenters. The molecule has 0 fully saturated rings. The molecule has 0 unspecified atom stereocenters. The summed E-state index contributed by atoms with van der Waals surface area (Å²) in [5, 5.41) is 16.8. The van der Waals surface area contributed by atoms with Crippen molar-refractivity contribution in [3.05, 3.63) is 66.5 Å². The monoisotopic (exact) mass is 605 g/mol. The Morgan fingerprint density at radius 3 is 2.61 bits per heavy atom. The van der Waals surface area contributed by atoms with Gasteiger partial charge >= 0.3 is 12.1 Å². The lowest BCUT2D eigenvalue weighted by molar-refractivity contribution is -0.141. The summed E-state index contributed by atoms with van der Waals surface area (Å²) in [4.78, 5) is 41.4. The van der Waals surface area contributed by atoms with E-state index in [1.165, 1.54) is 13.2 Å². The fraction of sp³-hybridized carbons (Fsp3) is 0.355. The summed E-state index contributed by atoms with van der Waals surface area (Å²) in [5.41, 5.74) is 4.00. The summed E-state index contributed by atoms with van der Waals surface area (Å²) in [6, 6.07) is 9.50. The van der Waals surface area contributed by atoms with Gasteiger partial charge in [-0.05, 0) is 63.9 Å². The number of alkyl carbamates (subject to hydrolysis) is 1. The van der Waals surface area contributed by atoms with Crippen molar-refractivity contribution in [3.63, 3.8) is 0 Å². The van der Waals surface area contributed by atoms with Crippen LogP contribution in [0.1, 0.15) is 39.3 Å². The van der Waals surface area contributed by atoms with Gasteiger partial charge in [0.25, 0.3) is 0 Å². The SMILES string of the molecule is COC(=O)CC[C@H](NC(=O)OC(C)(C)C)C(=O)NCCn1cc(-c2cc(-c3cn[nH]c3-c3cccc(C)n3)ccc2F)cn1. The van der Waals surface area contributed by atoms with Gasteiger partial charge in [0, 0.05) is 41.5 Å². The summed E-state index contributed by atoms with van der Waals surface area (Å²) in [7, 11) is 1.25. The summed E-state index contributed by atoms with van der Waals surface area (Å²) < 4.78 is 26.5. The van der Waals surface area contributed by atoms with E-state index in [9.17, 15) is 18.8 Å². The maximum Gasteiger partial charge on any atom is 0.408 e. The Labute approximate surface area is 254 Å². The fourth-order valence-electron chi connectivity index (χ4n) is 4.42. The molecule has 2 amide bonds. The van der Waals surface area contributed by atoms with Crippen molar-refractivity contribution in [2.75, 3.05) is 13.7 Å². The van der Waals surface area contributed by atoms with Gasteiger partial charge in [-0.1, -0.05) is 12.1 Å². The van der Waals surface area contributed by atoms with Crippen LogP contribution in [-0.4, -0.2) is 68.2 Å². The second kappa shape index (κ2) is 13.9. The Kier molecular flexibility index (Phi) is 10.1. The zero-order valence-corrected chi connectivity index (χ0v) is 25.3. The fourth-order valence-corrected chi connectivity index (χ4v) is 4.42. The zero-order valence-electron chi connectivity index (χ0n) is 25.3. The lowest BCUT2D eigenvalue weighted by Crippen LogP contribution is -2.48. The number of rotatable bonds is 11. The van der Waals surface area contributed by atoms with Gasteiger partial charge in [0.1, 0.15) is 17.5 Å². The van der Waals surface area contributed by atoms with Crippen molar-refractivity contribution in [3.8, 4) is 33.6 Å². The third-order valence-corrected chi connectivity index (χ3v) is 6.52. The van der Waals surface area contributed by atoms with Crippen molar-refractivity contribution in [1.29, 1.82) is 0 Å². The van der Waals surface area contributed by atoms with E-state index in [2.05, 4.69) is 35.7 Å². The van der Waals surface area contributed by atoms with Gasteiger partial charge < -0.3 is 20.1 Å². The number of H-pyrrole nitrogens is 1. The molecule has 3 heterocycles. The number of aromatic nitrogens is 5.